The minimum Gasteiger partial charge on any atom is -0.383 e. The molecule has 0 radical (unpaired) electrons. The highest BCUT2D eigenvalue weighted by atomic mass is 16.5. The van der Waals surface area contributed by atoms with Crippen LogP contribution in [-0.2, 0) is 4.74 Å². The van der Waals surface area contributed by atoms with Gasteiger partial charge in [0.25, 0.3) is 0 Å². The van der Waals surface area contributed by atoms with Gasteiger partial charge in [-0.25, -0.2) is 4.98 Å². The molecule has 2 heterocycles. The number of methoxy groups -OCH3 is 1. The first kappa shape index (κ1) is 14.3. The molecule has 112 valence electrons. The summed E-state index contributed by atoms with van der Waals surface area (Å²) in [6, 6.07) is 10.6. The summed E-state index contributed by atoms with van der Waals surface area (Å²) in [5.41, 5.74) is 2.40. The first-order chi connectivity index (χ1) is 10.3. The molecule has 0 saturated carbocycles. The molecular formula is C17H23N3O. The first-order valence-electron chi connectivity index (χ1n) is 7.60. The lowest BCUT2D eigenvalue weighted by atomic mass is 10.1. The molecule has 1 aromatic heterocycles. The van der Waals surface area contributed by atoms with Gasteiger partial charge in [0.05, 0.1) is 12.1 Å². The first-order valence-corrected chi connectivity index (χ1v) is 7.60. The Hall–Kier alpha value is -1.65. The van der Waals surface area contributed by atoms with Crippen LogP contribution in [0.15, 0.2) is 30.3 Å². The number of fused-ring (bicyclic) bond motifs is 1. The molecule has 0 N–H and O–H groups in total. The predicted molar refractivity (Wildman–Crippen MR) is 87.0 cm³/mol. The highest BCUT2D eigenvalue weighted by Crippen LogP contribution is 2.23. The minimum atomic E-state index is 0.813. The Morgan fingerprint density at radius 1 is 1.14 bits per heavy atom. The highest BCUT2D eigenvalue weighted by molar-refractivity contribution is 5.83. The Kier molecular flexibility index (Phi) is 4.36. The van der Waals surface area contributed by atoms with Crippen LogP contribution in [0.2, 0.25) is 0 Å². The maximum absolute atomic E-state index is 5.15. The summed E-state index contributed by atoms with van der Waals surface area (Å²) >= 11 is 0. The molecular weight excluding hydrogens is 262 g/mol. The van der Waals surface area contributed by atoms with Crippen molar-refractivity contribution in [2.45, 2.75) is 6.92 Å². The van der Waals surface area contributed by atoms with E-state index in [1.54, 1.807) is 7.11 Å². The van der Waals surface area contributed by atoms with Crippen molar-refractivity contribution in [1.29, 1.82) is 0 Å². The summed E-state index contributed by atoms with van der Waals surface area (Å²) in [7, 11) is 1.76. The lowest BCUT2D eigenvalue weighted by molar-refractivity contribution is 0.144. The zero-order valence-corrected chi connectivity index (χ0v) is 12.9. The maximum Gasteiger partial charge on any atom is 0.129 e. The van der Waals surface area contributed by atoms with Crippen LogP contribution >= 0.6 is 0 Å². The molecule has 4 nitrogen and oxygen atoms in total. The van der Waals surface area contributed by atoms with E-state index in [4.69, 9.17) is 9.72 Å². The van der Waals surface area contributed by atoms with Crippen LogP contribution in [0.5, 0.6) is 0 Å². The van der Waals surface area contributed by atoms with Crippen LogP contribution in [0.1, 0.15) is 5.56 Å². The molecule has 2 aromatic rings. The van der Waals surface area contributed by atoms with Crippen LogP contribution in [0.3, 0.4) is 0 Å². The third-order valence-corrected chi connectivity index (χ3v) is 4.22. The Balaban J connectivity index is 1.73. The van der Waals surface area contributed by atoms with Gasteiger partial charge in [0.1, 0.15) is 5.82 Å². The van der Waals surface area contributed by atoms with E-state index < -0.39 is 0 Å². The third kappa shape index (κ3) is 3.17. The van der Waals surface area contributed by atoms with Gasteiger partial charge in [-0.3, -0.25) is 4.90 Å². The van der Waals surface area contributed by atoms with E-state index in [0.29, 0.717) is 0 Å². The standard InChI is InChI=1S/C17H23N3O/c1-14-13-17(18-16-6-4-3-5-15(14)16)20-9-7-19(8-10-20)11-12-21-2/h3-6,13H,7-12H2,1-2H3. The summed E-state index contributed by atoms with van der Waals surface area (Å²) in [6.45, 7) is 8.24. The number of aromatic nitrogens is 1. The zero-order chi connectivity index (χ0) is 14.7. The molecule has 0 unspecified atom stereocenters. The molecule has 1 aliphatic rings. The fourth-order valence-corrected chi connectivity index (χ4v) is 2.91. The van der Waals surface area contributed by atoms with Crippen molar-refractivity contribution in [1.82, 2.24) is 9.88 Å². The predicted octanol–water partition coefficient (Wildman–Crippen LogP) is 2.31. The Bertz CT molecular complexity index is 606. The SMILES string of the molecule is COCCN1CCN(c2cc(C)c3ccccc3n2)CC1. The number of hydrogen-bond donors (Lipinski definition) is 0. The second-order valence-electron chi connectivity index (χ2n) is 5.64. The molecule has 0 spiro atoms. The van der Waals surface area contributed by atoms with Crippen LogP contribution in [0, 0.1) is 6.92 Å². The fraction of sp³-hybridized carbons (Fsp3) is 0.471. The Labute approximate surface area is 126 Å². The molecule has 0 atom stereocenters. The molecule has 1 fully saturated rings. The van der Waals surface area contributed by atoms with Crippen molar-refractivity contribution in [3.8, 4) is 0 Å². The zero-order valence-electron chi connectivity index (χ0n) is 12.9. The van der Waals surface area contributed by atoms with E-state index in [-0.39, 0.29) is 0 Å². The van der Waals surface area contributed by atoms with E-state index >= 15 is 0 Å². The van der Waals surface area contributed by atoms with Crippen molar-refractivity contribution in [3.63, 3.8) is 0 Å². The number of aryl methyl sites for hydroxylation is 1. The Morgan fingerprint density at radius 2 is 1.90 bits per heavy atom. The van der Waals surface area contributed by atoms with Gasteiger partial charge >= 0.3 is 0 Å². The van der Waals surface area contributed by atoms with Crippen LogP contribution in [0.25, 0.3) is 10.9 Å². The second kappa shape index (κ2) is 6.41. The van der Waals surface area contributed by atoms with E-state index in [9.17, 15) is 0 Å². The van der Waals surface area contributed by atoms with Gasteiger partial charge in [0.15, 0.2) is 0 Å². The van der Waals surface area contributed by atoms with Crippen molar-refractivity contribution in [2.75, 3.05) is 51.3 Å². The molecule has 1 aliphatic heterocycles. The van der Waals surface area contributed by atoms with Crippen molar-refractivity contribution in [3.05, 3.63) is 35.9 Å². The van der Waals surface area contributed by atoms with E-state index in [1.807, 2.05) is 0 Å². The second-order valence-corrected chi connectivity index (χ2v) is 5.64. The number of benzene rings is 1. The van der Waals surface area contributed by atoms with Crippen molar-refractivity contribution >= 4 is 16.7 Å². The monoisotopic (exact) mass is 285 g/mol. The van der Waals surface area contributed by atoms with Gasteiger partial charge in [0, 0.05) is 45.2 Å². The summed E-state index contributed by atoms with van der Waals surface area (Å²) in [5.74, 6) is 1.11. The number of nitrogens with zero attached hydrogens (tertiary/aromatic N) is 3. The highest BCUT2D eigenvalue weighted by Gasteiger charge is 2.18. The summed E-state index contributed by atoms with van der Waals surface area (Å²) in [4.78, 5) is 9.67. The summed E-state index contributed by atoms with van der Waals surface area (Å²) < 4.78 is 5.15. The largest absolute Gasteiger partial charge is 0.383 e. The number of para-hydroxylation sites is 1. The lowest BCUT2D eigenvalue weighted by Gasteiger charge is -2.35. The van der Waals surface area contributed by atoms with E-state index in [2.05, 4.69) is 47.1 Å². The lowest BCUT2D eigenvalue weighted by Crippen LogP contribution is -2.47. The molecule has 21 heavy (non-hydrogen) atoms. The number of pyridine rings is 1. The normalized spacial score (nSPS) is 16.6. The van der Waals surface area contributed by atoms with Crippen molar-refractivity contribution in [2.24, 2.45) is 0 Å². The smallest absolute Gasteiger partial charge is 0.129 e. The van der Waals surface area contributed by atoms with Gasteiger partial charge < -0.3 is 9.64 Å². The van der Waals surface area contributed by atoms with Gasteiger partial charge in [-0.05, 0) is 24.6 Å². The summed E-state index contributed by atoms with van der Waals surface area (Å²) in [6.07, 6.45) is 0. The molecule has 3 rings (SSSR count). The van der Waals surface area contributed by atoms with E-state index in [0.717, 1.165) is 50.7 Å². The van der Waals surface area contributed by atoms with Gasteiger partial charge in [-0.15, -0.1) is 0 Å². The molecule has 0 amide bonds. The average molecular weight is 285 g/mol. The van der Waals surface area contributed by atoms with Crippen molar-refractivity contribution < 1.29 is 4.74 Å². The van der Waals surface area contributed by atoms with E-state index in [1.165, 1.54) is 10.9 Å². The van der Waals surface area contributed by atoms with Gasteiger partial charge in [0.2, 0.25) is 0 Å². The topological polar surface area (TPSA) is 28.6 Å². The van der Waals surface area contributed by atoms with Crippen LogP contribution in [-0.4, -0.2) is 56.3 Å². The minimum absolute atomic E-state index is 0.813. The average Bonchev–Trinajstić information content (AvgIpc) is 2.53. The molecule has 4 heteroatoms. The molecule has 1 saturated heterocycles. The van der Waals surface area contributed by atoms with Gasteiger partial charge in [-0.2, -0.15) is 0 Å². The molecule has 1 aromatic carbocycles. The van der Waals surface area contributed by atoms with Crippen LogP contribution < -0.4 is 4.90 Å². The quantitative estimate of drug-likeness (QED) is 0.862. The number of piperazine rings is 1. The number of hydrogen-bond acceptors (Lipinski definition) is 4. The number of rotatable bonds is 4. The number of anilines is 1. The van der Waals surface area contributed by atoms with Crippen LogP contribution in [0.4, 0.5) is 5.82 Å². The van der Waals surface area contributed by atoms with Gasteiger partial charge in [-0.1, -0.05) is 18.2 Å². The Morgan fingerprint density at radius 3 is 2.67 bits per heavy atom. The molecule has 0 bridgehead atoms. The maximum atomic E-state index is 5.15. The summed E-state index contributed by atoms with van der Waals surface area (Å²) in [5, 5.41) is 1.25. The fourth-order valence-electron chi connectivity index (χ4n) is 2.91. The number of ether oxygens (including phenoxy) is 1. The molecule has 0 aliphatic carbocycles. The third-order valence-electron chi connectivity index (χ3n) is 4.22.